The van der Waals surface area contributed by atoms with Crippen LogP contribution in [0.2, 0.25) is 5.02 Å². The second kappa shape index (κ2) is 9.73. The van der Waals surface area contributed by atoms with Crippen LogP contribution in [0.4, 0.5) is 17.6 Å². The smallest absolute Gasteiger partial charge is 0.401 e. The predicted octanol–water partition coefficient (Wildman–Crippen LogP) is 6.35. The third-order valence-electron chi connectivity index (χ3n) is 5.93. The van der Waals surface area contributed by atoms with Gasteiger partial charge in [0, 0.05) is 29.3 Å². The number of carbonyl (C=O) groups is 1. The molecule has 0 bridgehead atoms. The Kier molecular flexibility index (Phi) is 6.86. The van der Waals surface area contributed by atoms with Gasteiger partial charge in [0.2, 0.25) is 0 Å². The highest BCUT2D eigenvalue weighted by molar-refractivity contribution is 6.31. The van der Waals surface area contributed by atoms with Crippen LogP contribution in [-0.2, 0) is 5.41 Å². The van der Waals surface area contributed by atoms with Crippen molar-refractivity contribution in [3.8, 4) is 17.0 Å². The first kappa shape index (κ1) is 25.4. The van der Waals surface area contributed by atoms with Gasteiger partial charge in [-0.25, -0.2) is 9.37 Å². The summed E-state index contributed by atoms with van der Waals surface area (Å²) in [6.45, 7) is 0.178. The largest absolute Gasteiger partial charge is 0.494 e. The van der Waals surface area contributed by atoms with Crippen molar-refractivity contribution in [2.45, 2.75) is 18.5 Å². The molecule has 0 saturated carbocycles. The number of ether oxygens (including phenoxy) is 1. The van der Waals surface area contributed by atoms with Crippen LogP contribution in [0.25, 0.3) is 22.2 Å². The average Bonchev–Trinajstić information content (AvgIpc) is 2.87. The number of hydrogen-bond donors (Lipinski definition) is 1. The lowest BCUT2D eigenvalue weighted by Gasteiger charge is -2.32. The second-order valence-corrected chi connectivity index (χ2v) is 8.71. The minimum atomic E-state index is -4.77. The van der Waals surface area contributed by atoms with E-state index >= 15 is 0 Å². The maximum absolute atomic E-state index is 14.4. The number of fused-ring (bicyclic) bond motifs is 1. The van der Waals surface area contributed by atoms with E-state index < -0.39 is 29.9 Å². The number of nitrogens with zero attached hydrogens (tertiary/aromatic N) is 2. The van der Waals surface area contributed by atoms with E-state index in [-0.39, 0.29) is 33.3 Å². The molecule has 2 aromatic heterocycles. The Morgan fingerprint density at radius 3 is 2.56 bits per heavy atom. The molecule has 186 valence electrons. The molecule has 0 aliphatic heterocycles. The Morgan fingerprint density at radius 1 is 1.08 bits per heavy atom. The van der Waals surface area contributed by atoms with E-state index in [2.05, 4.69) is 15.3 Å². The van der Waals surface area contributed by atoms with E-state index in [1.165, 1.54) is 37.4 Å². The van der Waals surface area contributed by atoms with Gasteiger partial charge in [-0.3, -0.25) is 9.78 Å². The first-order valence-corrected chi connectivity index (χ1v) is 11.1. The van der Waals surface area contributed by atoms with Crippen LogP contribution >= 0.6 is 11.6 Å². The van der Waals surface area contributed by atoms with E-state index in [0.717, 1.165) is 13.0 Å². The van der Waals surface area contributed by atoms with Crippen LogP contribution < -0.4 is 10.1 Å². The normalized spacial score (nSPS) is 13.3. The highest BCUT2D eigenvalue weighted by atomic mass is 35.5. The first-order valence-electron chi connectivity index (χ1n) is 10.7. The van der Waals surface area contributed by atoms with Gasteiger partial charge >= 0.3 is 6.18 Å². The van der Waals surface area contributed by atoms with Crippen molar-refractivity contribution in [2.75, 3.05) is 13.7 Å². The lowest BCUT2D eigenvalue weighted by atomic mass is 9.84. The summed E-state index contributed by atoms with van der Waals surface area (Å²) in [5.74, 6) is -1.17. The highest BCUT2D eigenvalue weighted by Crippen LogP contribution is 2.42. The lowest BCUT2D eigenvalue weighted by molar-refractivity contribution is -0.184. The molecule has 10 heteroatoms. The average molecular weight is 518 g/mol. The molecule has 0 radical (unpaired) electrons. The Labute approximate surface area is 209 Å². The number of amides is 1. The summed E-state index contributed by atoms with van der Waals surface area (Å²) >= 11 is 5.87. The molecular formula is C26H20ClF4N3O2. The maximum atomic E-state index is 14.4. The van der Waals surface area contributed by atoms with Crippen molar-refractivity contribution < 1.29 is 27.1 Å². The molecule has 2 aromatic carbocycles. The van der Waals surface area contributed by atoms with Crippen LogP contribution in [0, 0.1) is 5.82 Å². The summed E-state index contributed by atoms with van der Waals surface area (Å²) in [5.41, 5.74) is -1.71. The zero-order valence-corrected chi connectivity index (χ0v) is 19.9. The quantitative estimate of drug-likeness (QED) is 0.303. The number of pyridine rings is 2. The first-order chi connectivity index (χ1) is 17.0. The number of benzene rings is 2. The standard InChI is InChI=1S/C26H20ClF4N3O2/c1-25(26(29,30)31,14-33-24(35)17-6-8-20-15(12-17)4-3-11-32-20)22-10-9-21(36-2)23(34-22)16-5-7-19(28)18(27)13-16/h3-13H,14H2,1-2H3,(H,33,35). The van der Waals surface area contributed by atoms with Crippen molar-refractivity contribution in [1.29, 1.82) is 0 Å². The van der Waals surface area contributed by atoms with Gasteiger partial charge in [-0.2, -0.15) is 13.2 Å². The van der Waals surface area contributed by atoms with Crippen LogP contribution in [0.1, 0.15) is 23.0 Å². The highest BCUT2D eigenvalue weighted by Gasteiger charge is 2.53. The Bertz CT molecular complexity index is 1440. The van der Waals surface area contributed by atoms with Gasteiger partial charge in [-0.05, 0) is 61.5 Å². The minimum absolute atomic E-state index is 0.0562. The topological polar surface area (TPSA) is 64.1 Å². The molecule has 1 atom stereocenters. The molecule has 1 amide bonds. The zero-order chi connectivity index (χ0) is 26.1. The minimum Gasteiger partial charge on any atom is -0.494 e. The molecule has 0 fully saturated rings. The molecule has 4 aromatic rings. The molecule has 0 aliphatic carbocycles. The molecule has 4 rings (SSSR count). The number of rotatable bonds is 6. The van der Waals surface area contributed by atoms with Crippen molar-refractivity contribution in [1.82, 2.24) is 15.3 Å². The fraction of sp³-hybridized carbons (Fsp3) is 0.192. The van der Waals surface area contributed by atoms with Crippen LogP contribution in [-0.4, -0.2) is 35.7 Å². The van der Waals surface area contributed by atoms with Crippen molar-refractivity contribution in [3.63, 3.8) is 0 Å². The van der Waals surface area contributed by atoms with Gasteiger partial charge in [0.15, 0.2) is 0 Å². The Morgan fingerprint density at radius 2 is 1.86 bits per heavy atom. The van der Waals surface area contributed by atoms with Gasteiger partial charge in [-0.1, -0.05) is 17.7 Å². The summed E-state index contributed by atoms with van der Waals surface area (Å²) in [7, 11) is 1.34. The summed E-state index contributed by atoms with van der Waals surface area (Å²) in [6, 6.07) is 14.4. The third-order valence-corrected chi connectivity index (χ3v) is 6.22. The molecule has 0 aliphatic rings. The number of aromatic nitrogens is 2. The third kappa shape index (κ3) is 4.83. The van der Waals surface area contributed by atoms with Crippen LogP contribution in [0.15, 0.2) is 66.9 Å². The summed E-state index contributed by atoms with van der Waals surface area (Å²) < 4.78 is 62.1. The van der Waals surface area contributed by atoms with Crippen LogP contribution in [0.5, 0.6) is 5.75 Å². The number of alkyl halides is 3. The molecule has 0 spiro atoms. The fourth-order valence-corrected chi connectivity index (χ4v) is 3.86. The number of nitrogens with one attached hydrogen (secondary N) is 1. The van der Waals surface area contributed by atoms with E-state index in [1.807, 2.05) is 0 Å². The van der Waals surface area contributed by atoms with Gasteiger partial charge in [0.05, 0.1) is 23.3 Å². The predicted molar refractivity (Wildman–Crippen MR) is 129 cm³/mol. The maximum Gasteiger partial charge on any atom is 0.401 e. The molecule has 36 heavy (non-hydrogen) atoms. The SMILES string of the molecule is COc1ccc(C(C)(CNC(=O)c2ccc3ncccc3c2)C(F)(F)F)nc1-c1ccc(F)c(Cl)c1. The summed E-state index contributed by atoms with van der Waals surface area (Å²) in [4.78, 5) is 21.2. The van der Waals surface area contributed by atoms with Crippen LogP contribution in [0.3, 0.4) is 0 Å². The second-order valence-electron chi connectivity index (χ2n) is 8.30. The molecule has 0 saturated heterocycles. The van der Waals surface area contributed by atoms with Gasteiger partial charge < -0.3 is 10.1 Å². The van der Waals surface area contributed by atoms with Crippen molar-refractivity contribution in [2.24, 2.45) is 0 Å². The van der Waals surface area contributed by atoms with Gasteiger partial charge in [0.1, 0.15) is 22.7 Å². The molecule has 5 nitrogen and oxygen atoms in total. The lowest BCUT2D eigenvalue weighted by Crippen LogP contribution is -2.49. The number of hydrogen-bond acceptors (Lipinski definition) is 4. The number of methoxy groups -OCH3 is 1. The molecule has 2 heterocycles. The molecule has 1 N–H and O–H groups in total. The van der Waals surface area contributed by atoms with Gasteiger partial charge in [-0.15, -0.1) is 0 Å². The van der Waals surface area contributed by atoms with Gasteiger partial charge in [0.25, 0.3) is 5.91 Å². The monoisotopic (exact) mass is 517 g/mol. The van der Waals surface area contributed by atoms with E-state index in [0.29, 0.717) is 10.9 Å². The molecule has 1 unspecified atom stereocenters. The zero-order valence-electron chi connectivity index (χ0n) is 19.2. The summed E-state index contributed by atoms with van der Waals surface area (Å²) in [5, 5.41) is 2.87. The number of halogens is 5. The van der Waals surface area contributed by atoms with E-state index in [4.69, 9.17) is 16.3 Å². The van der Waals surface area contributed by atoms with E-state index in [1.54, 1.807) is 30.5 Å². The van der Waals surface area contributed by atoms with Crippen molar-refractivity contribution >= 4 is 28.4 Å². The number of carbonyl (C=O) groups excluding carboxylic acids is 1. The Balaban J connectivity index is 1.68. The van der Waals surface area contributed by atoms with E-state index in [9.17, 15) is 22.4 Å². The summed E-state index contributed by atoms with van der Waals surface area (Å²) in [6.07, 6.45) is -3.17. The Hall–Kier alpha value is -3.72. The molecular weight excluding hydrogens is 498 g/mol. The van der Waals surface area contributed by atoms with Crippen molar-refractivity contribution in [3.05, 3.63) is 89.0 Å². The fourth-order valence-electron chi connectivity index (χ4n) is 3.68.